The molecule has 1 aliphatic heterocycles. The zero-order valence-electron chi connectivity index (χ0n) is 30.7. The summed E-state index contributed by atoms with van der Waals surface area (Å²) in [5.74, 6) is 2.18. The number of terminal acetylenes is 1. The van der Waals surface area contributed by atoms with Crippen LogP contribution in [0.1, 0.15) is 101 Å². The van der Waals surface area contributed by atoms with Gasteiger partial charge in [0.15, 0.2) is 0 Å². The van der Waals surface area contributed by atoms with E-state index < -0.39 is 5.60 Å². The molecule has 0 N–H and O–H groups in total. The van der Waals surface area contributed by atoms with Gasteiger partial charge >= 0.3 is 6.09 Å². The van der Waals surface area contributed by atoms with Gasteiger partial charge in [0.05, 0.1) is 0 Å². The fraction of sp³-hybridized carbons (Fsp3) is 0.513. The van der Waals surface area contributed by atoms with Gasteiger partial charge in [0.25, 0.3) is 0 Å². The van der Waals surface area contributed by atoms with E-state index in [4.69, 9.17) is 27.8 Å². The molecule has 2 rings (SSSR count). The zero-order valence-corrected chi connectivity index (χ0v) is 31.5. The number of hydrogen-bond acceptors (Lipinski definition) is 5. The number of halogens is 2. The SMILES string of the molecule is C#CCC.CCCc1cc(F)cc(Cl)c1.C\C=C/N=C(C)/C(=C/C)C(/C(C)=N/C=C/CC)=C(/C)N1CCN(C(=O)OC(C)(C)C)CC1. The molecule has 0 bridgehead atoms. The second-order valence-corrected chi connectivity index (χ2v) is 12.3. The summed E-state index contributed by atoms with van der Waals surface area (Å²) >= 11 is 5.65. The Hall–Kier alpha value is -3.63. The van der Waals surface area contributed by atoms with E-state index in [9.17, 15) is 9.18 Å². The molecule has 1 aliphatic rings. The Labute approximate surface area is 290 Å². The van der Waals surface area contributed by atoms with Crippen LogP contribution in [-0.4, -0.2) is 59.1 Å². The van der Waals surface area contributed by atoms with Gasteiger partial charge in [0.2, 0.25) is 0 Å². The van der Waals surface area contributed by atoms with Crippen LogP contribution in [0.25, 0.3) is 0 Å². The average Bonchev–Trinajstić information content (AvgIpc) is 3.01. The highest BCUT2D eigenvalue weighted by Crippen LogP contribution is 2.24. The highest BCUT2D eigenvalue weighted by molar-refractivity contribution is 6.30. The summed E-state index contributed by atoms with van der Waals surface area (Å²) in [5, 5.41) is 0.480. The molecule has 8 heteroatoms. The van der Waals surface area contributed by atoms with Crippen molar-refractivity contribution >= 4 is 29.1 Å². The number of amides is 1. The third kappa shape index (κ3) is 17.8. The molecule has 1 saturated heterocycles. The largest absolute Gasteiger partial charge is 0.444 e. The fourth-order valence-electron chi connectivity index (χ4n) is 4.53. The Balaban J connectivity index is 0.00000115. The number of allylic oxidation sites excluding steroid dienone is 6. The van der Waals surface area contributed by atoms with Crippen LogP contribution in [0.5, 0.6) is 0 Å². The monoisotopic (exact) mass is 668 g/mol. The van der Waals surface area contributed by atoms with Crippen molar-refractivity contribution in [1.82, 2.24) is 9.80 Å². The number of piperazine rings is 1. The van der Waals surface area contributed by atoms with E-state index in [-0.39, 0.29) is 11.9 Å². The van der Waals surface area contributed by atoms with Gasteiger partial charge in [-0.15, -0.1) is 12.3 Å². The van der Waals surface area contributed by atoms with Crippen LogP contribution in [-0.2, 0) is 11.2 Å². The molecule has 260 valence electrons. The summed E-state index contributed by atoms with van der Waals surface area (Å²) in [4.78, 5) is 25.8. The number of hydrogen-bond donors (Lipinski definition) is 0. The van der Waals surface area contributed by atoms with E-state index in [1.807, 2.05) is 79.9 Å². The summed E-state index contributed by atoms with van der Waals surface area (Å²) in [7, 11) is 0. The molecule has 0 aromatic heterocycles. The van der Waals surface area contributed by atoms with E-state index in [1.165, 1.54) is 12.1 Å². The number of carbonyl (C=O) groups is 1. The van der Waals surface area contributed by atoms with Gasteiger partial charge in [-0.2, -0.15) is 0 Å². The molecular weight excluding hydrogens is 611 g/mol. The molecule has 6 nitrogen and oxygen atoms in total. The number of rotatable bonds is 9. The fourth-order valence-corrected chi connectivity index (χ4v) is 4.77. The third-order valence-electron chi connectivity index (χ3n) is 6.77. The molecule has 1 fully saturated rings. The standard InChI is InChI=1S/C26H42N4O2.C9H10ClF.C4H6/c1-10-13-15-28-21(5)24(23(12-3)20(4)27-14-11-2)22(6)29-16-18-30(19-17-29)25(31)32-26(7,8)9;1-2-3-7-4-8(10)6-9(11)5-7;1-3-4-2/h11-15H,10,16-19H2,1-9H3;4-6H,2-3H2,1H3;1H,4H2,2H3/b14-11-,15-13+,23-12-,24-22-,27-20+,28-21+;;. The van der Waals surface area contributed by atoms with Crippen molar-refractivity contribution < 1.29 is 13.9 Å². The van der Waals surface area contributed by atoms with Gasteiger partial charge in [-0.05, 0) is 92.0 Å². The lowest BCUT2D eigenvalue weighted by molar-refractivity contribution is 0.0168. The van der Waals surface area contributed by atoms with Gasteiger partial charge in [-0.25, -0.2) is 9.18 Å². The molecule has 0 saturated carbocycles. The second-order valence-electron chi connectivity index (χ2n) is 11.9. The predicted molar refractivity (Wildman–Crippen MR) is 201 cm³/mol. The molecular formula is C39H58ClFN4O2. The van der Waals surface area contributed by atoms with Crippen molar-refractivity contribution in [1.29, 1.82) is 0 Å². The zero-order chi connectivity index (χ0) is 36.0. The molecule has 1 heterocycles. The van der Waals surface area contributed by atoms with Crippen LogP contribution in [0.2, 0.25) is 5.02 Å². The average molecular weight is 669 g/mol. The topological polar surface area (TPSA) is 57.5 Å². The molecule has 1 aromatic rings. The number of ether oxygens (including phenoxy) is 1. The predicted octanol–water partition coefficient (Wildman–Crippen LogP) is 10.6. The minimum atomic E-state index is -0.485. The molecule has 0 spiro atoms. The van der Waals surface area contributed by atoms with Crippen LogP contribution in [0.15, 0.2) is 75.7 Å². The first kappa shape index (κ1) is 43.4. The molecule has 0 aliphatic carbocycles. The Morgan fingerprint density at radius 2 is 1.57 bits per heavy atom. The van der Waals surface area contributed by atoms with Gasteiger partial charge in [0.1, 0.15) is 11.4 Å². The number of carbonyl (C=O) groups excluding carboxylic acids is 1. The minimum absolute atomic E-state index is 0.245. The van der Waals surface area contributed by atoms with E-state index in [1.54, 1.807) is 11.0 Å². The summed E-state index contributed by atoms with van der Waals surface area (Å²) in [5.41, 5.74) is 5.68. The van der Waals surface area contributed by atoms with Crippen LogP contribution in [0, 0.1) is 18.2 Å². The van der Waals surface area contributed by atoms with Crippen LogP contribution in [0.3, 0.4) is 0 Å². The normalized spacial score (nSPS) is 15.0. The maximum atomic E-state index is 12.7. The lowest BCUT2D eigenvalue weighted by atomic mass is 9.95. The van der Waals surface area contributed by atoms with Crippen LogP contribution >= 0.6 is 11.6 Å². The first-order chi connectivity index (χ1) is 22.2. The molecule has 47 heavy (non-hydrogen) atoms. The quantitative estimate of drug-likeness (QED) is 0.149. The molecule has 1 amide bonds. The van der Waals surface area contributed by atoms with Crippen molar-refractivity contribution in [3.8, 4) is 12.3 Å². The highest BCUT2D eigenvalue weighted by atomic mass is 35.5. The maximum Gasteiger partial charge on any atom is 0.410 e. The van der Waals surface area contributed by atoms with E-state index in [2.05, 4.69) is 42.7 Å². The van der Waals surface area contributed by atoms with Gasteiger partial charge in [-0.3, -0.25) is 9.98 Å². The number of aliphatic imine (C=N–C) groups is 2. The smallest absolute Gasteiger partial charge is 0.410 e. The Kier molecular flexibility index (Phi) is 21.8. The summed E-state index contributed by atoms with van der Waals surface area (Å²) in [6.07, 6.45) is 18.0. The Morgan fingerprint density at radius 3 is 2.04 bits per heavy atom. The minimum Gasteiger partial charge on any atom is -0.444 e. The van der Waals surface area contributed by atoms with Crippen molar-refractivity contribution in [3.05, 3.63) is 82.1 Å². The molecule has 1 aromatic carbocycles. The van der Waals surface area contributed by atoms with Gasteiger partial charge < -0.3 is 14.5 Å². The van der Waals surface area contributed by atoms with E-state index in [0.29, 0.717) is 18.1 Å². The van der Waals surface area contributed by atoms with Crippen molar-refractivity contribution in [2.24, 2.45) is 9.98 Å². The number of nitrogens with zero attached hydrogens (tertiary/aromatic N) is 4. The Morgan fingerprint density at radius 1 is 1.00 bits per heavy atom. The first-order valence-electron chi connectivity index (χ1n) is 16.5. The van der Waals surface area contributed by atoms with Crippen LogP contribution < -0.4 is 0 Å². The Bertz CT molecular complexity index is 1320. The first-order valence-corrected chi connectivity index (χ1v) is 16.9. The number of aryl methyl sites for hydroxylation is 1. The maximum absolute atomic E-state index is 12.7. The summed E-state index contributed by atoms with van der Waals surface area (Å²) in [6.45, 7) is 24.7. The van der Waals surface area contributed by atoms with E-state index in [0.717, 1.165) is 72.6 Å². The van der Waals surface area contributed by atoms with Gasteiger partial charge in [-0.1, -0.05) is 57.0 Å². The summed E-state index contributed by atoms with van der Waals surface area (Å²) in [6, 6.07) is 4.64. The van der Waals surface area contributed by atoms with Crippen molar-refractivity contribution in [2.75, 3.05) is 26.2 Å². The summed E-state index contributed by atoms with van der Waals surface area (Å²) < 4.78 is 18.2. The highest BCUT2D eigenvalue weighted by Gasteiger charge is 2.27. The van der Waals surface area contributed by atoms with Crippen LogP contribution in [0.4, 0.5) is 9.18 Å². The lowest BCUT2D eigenvalue weighted by Crippen LogP contribution is -2.49. The molecule has 0 unspecified atom stereocenters. The molecule has 0 radical (unpaired) electrons. The van der Waals surface area contributed by atoms with Crippen molar-refractivity contribution in [2.45, 2.75) is 107 Å². The lowest BCUT2D eigenvalue weighted by Gasteiger charge is -2.38. The van der Waals surface area contributed by atoms with E-state index >= 15 is 0 Å². The third-order valence-corrected chi connectivity index (χ3v) is 6.99. The second kappa shape index (κ2) is 23.7. The van der Waals surface area contributed by atoms with Gasteiger partial charge in [0, 0.05) is 78.3 Å². The van der Waals surface area contributed by atoms with Crippen molar-refractivity contribution in [3.63, 3.8) is 0 Å². The molecule has 0 atom stereocenters. The number of benzene rings is 1.